The maximum atomic E-state index is 13.3. The van der Waals surface area contributed by atoms with Crippen molar-refractivity contribution in [1.29, 1.82) is 0 Å². The van der Waals surface area contributed by atoms with Gasteiger partial charge in [-0.25, -0.2) is 4.39 Å². The van der Waals surface area contributed by atoms with Gasteiger partial charge in [0.25, 0.3) is 5.91 Å². The number of halogens is 1. The van der Waals surface area contributed by atoms with Crippen molar-refractivity contribution in [3.63, 3.8) is 0 Å². The third-order valence-corrected chi connectivity index (χ3v) is 3.68. The van der Waals surface area contributed by atoms with Gasteiger partial charge in [0.2, 0.25) is 0 Å². The van der Waals surface area contributed by atoms with Gasteiger partial charge in [0, 0.05) is 6.04 Å². The van der Waals surface area contributed by atoms with E-state index in [-0.39, 0.29) is 23.2 Å². The molecule has 118 valence electrons. The van der Waals surface area contributed by atoms with Gasteiger partial charge in [-0.2, -0.15) is 0 Å². The predicted octanol–water partition coefficient (Wildman–Crippen LogP) is 2.65. The highest BCUT2D eigenvalue weighted by Crippen LogP contribution is 2.15. The molecule has 1 amide bonds. The molecular formula is C16H26FN3O. The van der Waals surface area contributed by atoms with Crippen LogP contribution in [-0.4, -0.2) is 36.5 Å². The monoisotopic (exact) mass is 295 g/mol. The van der Waals surface area contributed by atoms with Gasteiger partial charge < -0.3 is 16.0 Å². The zero-order chi connectivity index (χ0) is 15.8. The van der Waals surface area contributed by atoms with Crippen LogP contribution >= 0.6 is 0 Å². The normalized spacial score (nSPS) is 12.4. The summed E-state index contributed by atoms with van der Waals surface area (Å²) < 4.78 is 13.3. The molecule has 4 nitrogen and oxygen atoms in total. The molecule has 1 atom stereocenters. The van der Waals surface area contributed by atoms with Crippen molar-refractivity contribution in [2.45, 2.75) is 39.7 Å². The number of nitrogen functional groups attached to an aromatic ring is 1. The quantitative estimate of drug-likeness (QED) is 0.725. The van der Waals surface area contributed by atoms with Crippen molar-refractivity contribution in [2.75, 3.05) is 25.4 Å². The zero-order valence-electron chi connectivity index (χ0n) is 13.2. The Hall–Kier alpha value is -1.62. The molecule has 5 heteroatoms. The third kappa shape index (κ3) is 5.34. The lowest BCUT2D eigenvalue weighted by Gasteiger charge is -2.20. The van der Waals surface area contributed by atoms with E-state index in [0.717, 1.165) is 32.5 Å². The highest BCUT2D eigenvalue weighted by Gasteiger charge is 2.14. The van der Waals surface area contributed by atoms with Crippen molar-refractivity contribution in [2.24, 2.45) is 0 Å². The van der Waals surface area contributed by atoms with E-state index in [0.29, 0.717) is 0 Å². The number of hydrogen-bond donors (Lipinski definition) is 2. The summed E-state index contributed by atoms with van der Waals surface area (Å²) in [5.74, 6) is -0.876. The van der Waals surface area contributed by atoms with Gasteiger partial charge in [0.05, 0.1) is 11.3 Å². The Labute approximate surface area is 126 Å². The first-order valence-corrected chi connectivity index (χ1v) is 7.56. The third-order valence-electron chi connectivity index (χ3n) is 3.68. The lowest BCUT2D eigenvalue weighted by Crippen LogP contribution is -2.34. The Morgan fingerprint density at radius 2 is 2.05 bits per heavy atom. The molecule has 0 heterocycles. The van der Waals surface area contributed by atoms with Crippen LogP contribution in [0.25, 0.3) is 0 Å². The van der Waals surface area contributed by atoms with Gasteiger partial charge in [-0.05, 0) is 51.5 Å². The Morgan fingerprint density at radius 1 is 1.38 bits per heavy atom. The summed E-state index contributed by atoms with van der Waals surface area (Å²) in [6, 6.07) is 4.32. The van der Waals surface area contributed by atoms with Crippen LogP contribution < -0.4 is 11.1 Å². The molecule has 0 fully saturated rings. The van der Waals surface area contributed by atoms with Crippen LogP contribution in [-0.2, 0) is 0 Å². The fourth-order valence-corrected chi connectivity index (χ4v) is 2.27. The fraction of sp³-hybridized carbons (Fsp3) is 0.562. The van der Waals surface area contributed by atoms with E-state index in [9.17, 15) is 9.18 Å². The second-order valence-corrected chi connectivity index (χ2v) is 5.24. The van der Waals surface area contributed by atoms with Gasteiger partial charge in [-0.15, -0.1) is 0 Å². The zero-order valence-corrected chi connectivity index (χ0v) is 13.2. The summed E-state index contributed by atoms with van der Waals surface area (Å²) in [6.45, 7) is 9.34. The average molecular weight is 295 g/mol. The van der Waals surface area contributed by atoms with Crippen LogP contribution in [0.2, 0.25) is 0 Å². The summed E-state index contributed by atoms with van der Waals surface area (Å²) in [5, 5.41) is 2.87. The first-order chi connectivity index (χ1) is 9.99. The number of para-hydroxylation sites is 1. The SMILES string of the molecule is CCN(CC)CCCC(C)NC(=O)c1cccc(F)c1N. The molecule has 0 saturated heterocycles. The van der Waals surface area contributed by atoms with Crippen molar-refractivity contribution >= 4 is 11.6 Å². The lowest BCUT2D eigenvalue weighted by atomic mass is 10.1. The Kier molecular flexibility index (Phi) is 7.15. The van der Waals surface area contributed by atoms with Crippen LogP contribution in [0.1, 0.15) is 44.0 Å². The van der Waals surface area contributed by atoms with Gasteiger partial charge in [-0.1, -0.05) is 19.9 Å². The van der Waals surface area contributed by atoms with Crippen molar-refractivity contribution in [3.8, 4) is 0 Å². The molecule has 21 heavy (non-hydrogen) atoms. The van der Waals surface area contributed by atoms with Gasteiger partial charge in [0.15, 0.2) is 0 Å². The number of nitrogens with two attached hydrogens (primary N) is 1. The smallest absolute Gasteiger partial charge is 0.253 e. The number of hydrogen-bond acceptors (Lipinski definition) is 3. The minimum Gasteiger partial charge on any atom is -0.396 e. The second-order valence-electron chi connectivity index (χ2n) is 5.24. The van der Waals surface area contributed by atoms with Gasteiger partial charge in [0.1, 0.15) is 5.82 Å². The number of nitrogens with zero attached hydrogens (tertiary/aromatic N) is 1. The van der Waals surface area contributed by atoms with Crippen LogP contribution in [0.3, 0.4) is 0 Å². The molecule has 1 aromatic rings. The number of carbonyl (C=O) groups excluding carboxylic acids is 1. The van der Waals surface area contributed by atoms with Crippen LogP contribution in [0.15, 0.2) is 18.2 Å². The van der Waals surface area contributed by atoms with E-state index in [4.69, 9.17) is 5.73 Å². The number of nitrogens with one attached hydrogen (secondary N) is 1. The number of anilines is 1. The van der Waals surface area contributed by atoms with E-state index in [1.165, 1.54) is 18.2 Å². The summed E-state index contributed by atoms with van der Waals surface area (Å²) in [5.41, 5.74) is 5.70. The molecule has 0 spiro atoms. The lowest BCUT2D eigenvalue weighted by molar-refractivity contribution is 0.0938. The summed E-state index contributed by atoms with van der Waals surface area (Å²) >= 11 is 0. The van der Waals surface area contributed by atoms with E-state index < -0.39 is 5.82 Å². The minimum absolute atomic E-state index is 0.0377. The number of rotatable bonds is 8. The molecule has 0 bridgehead atoms. The Bertz CT molecular complexity index is 461. The molecule has 0 aliphatic heterocycles. The molecule has 0 aliphatic rings. The van der Waals surface area contributed by atoms with Crippen molar-refractivity contribution < 1.29 is 9.18 Å². The largest absolute Gasteiger partial charge is 0.396 e. The first-order valence-electron chi connectivity index (χ1n) is 7.56. The molecule has 1 unspecified atom stereocenters. The first kappa shape index (κ1) is 17.4. The predicted molar refractivity (Wildman–Crippen MR) is 84.8 cm³/mol. The Balaban J connectivity index is 2.45. The highest BCUT2D eigenvalue weighted by atomic mass is 19.1. The molecule has 1 aromatic carbocycles. The number of benzene rings is 1. The Morgan fingerprint density at radius 3 is 2.67 bits per heavy atom. The molecule has 0 radical (unpaired) electrons. The molecular weight excluding hydrogens is 269 g/mol. The summed E-state index contributed by atoms with van der Waals surface area (Å²) in [4.78, 5) is 14.4. The van der Waals surface area contributed by atoms with E-state index in [2.05, 4.69) is 24.1 Å². The molecule has 0 aromatic heterocycles. The number of amides is 1. The summed E-state index contributed by atoms with van der Waals surface area (Å²) in [6.07, 6.45) is 1.90. The highest BCUT2D eigenvalue weighted by molar-refractivity contribution is 5.99. The van der Waals surface area contributed by atoms with E-state index in [1.807, 2.05) is 6.92 Å². The molecule has 3 N–H and O–H groups in total. The fourth-order valence-electron chi connectivity index (χ4n) is 2.27. The number of carbonyl (C=O) groups is 1. The van der Waals surface area contributed by atoms with E-state index in [1.54, 1.807) is 0 Å². The van der Waals surface area contributed by atoms with Crippen LogP contribution in [0, 0.1) is 5.82 Å². The maximum absolute atomic E-state index is 13.3. The minimum atomic E-state index is -0.558. The molecule has 0 aliphatic carbocycles. The van der Waals surface area contributed by atoms with Crippen molar-refractivity contribution in [3.05, 3.63) is 29.6 Å². The molecule has 1 rings (SSSR count). The van der Waals surface area contributed by atoms with Gasteiger partial charge >= 0.3 is 0 Å². The maximum Gasteiger partial charge on any atom is 0.253 e. The summed E-state index contributed by atoms with van der Waals surface area (Å²) in [7, 11) is 0. The van der Waals surface area contributed by atoms with E-state index >= 15 is 0 Å². The van der Waals surface area contributed by atoms with Crippen molar-refractivity contribution in [1.82, 2.24) is 10.2 Å². The molecule has 0 saturated carbocycles. The topological polar surface area (TPSA) is 58.4 Å². The standard InChI is InChI=1S/C16H26FN3O/c1-4-20(5-2)11-7-8-12(3)19-16(21)13-9-6-10-14(17)15(13)18/h6,9-10,12H,4-5,7-8,11,18H2,1-3H3,(H,19,21). The van der Waals surface area contributed by atoms with Gasteiger partial charge in [-0.3, -0.25) is 4.79 Å². The second kappa shape index (κ2) is 8.62. The van der Waals surface area contributed by atoms with Crippen LogP contribution in [0.4, 0.5) is 10.1 Å². The van der Waals surface area contributed by atoms with Crippen LogP contribution in [0.5, 0.6) is 0 Å². The average Bonchev–Trinajstić information content (AvgIpc) is 2.46.